The first-order valence-corrected chi connectivity index (χ1v) is 6.69. The minimum atomic E-state index is -4.39. The Morgan fingerprint density at radius 2 is 1.91 bits per heavy atom. The van der Waals surface area contributed by atoms with Gasteiger partial charge in [0.15, 0.2) is 0 Å². The molecule has 1 heterocycles. The number of alkyl halides is 3. The fourth-order valence-corrected chi connectivity index (χ4v) is 2.25. The van der Waals surface area contributed by atoms with Crippen LogP contribution in [0.2, 0.25) is 0 Å². The largest absolute Gasteiger partial charge is 0.481 e. The quantitative estimate of drug-likeness (QED) is 0.899. The van der Waals surface area contributed by atoms with Gasteiger partial charge in [-0.2, -0.15) is 13.2 Å². The predicted molar refractivity (Wildman–Crippen MR) is 71.0 cm³/mol. The monoisotopic (exact) mass is 316 g/mol. The normalized spacial score (nSPS) is 18.3. The molecule has 1 atom stereocenters. The average Bonchev–Trinajstić information content (AvgIpc) is 2.94. The number of carboxylic acid groups (broad SMARTS) is 1. The van der Waals surface area contributed by atoms with Crippen LogP contribution in [0.25, 0.3) is 0 Å². The maximum atomic E-state index is 12.4. The number of halogens is 3. The molecule has 0 bridgehead atoms. The molecular weight excluding hydrogens is 301 g/mol. The van der Waals surface area contributed by atoms with E-state index in [0.29, 0.717) is 18.5 Å². The van der Waals surface area contributed by atoms with Crippen molar-refractivity contribution < 1.29 is 27.9 Å². The third kappa shape index (κ3) is 3.90. The standard InChI is InChI=1S/C14H15F3N2O3/c15-14(16,17)11-3-1-9(2-4-11)7-18-13(22)19-6-5-10(8-19)12(20)21/h1-4,10H,5-8H2,(H,18,22)(H,20,21). The van der Waals surface area contributed by atoms with Gasteiger partial charge in [0.1, 0.15) is 0 Å². The average molecular weight is 316 g/mol. The molecule has 0 saturated carbocycles. The number of rotatable bonds is 3. The number of carbonyl (C=O) groups excluding carboxylic acids is 1. The highest BCUT2D eigenvalue weighted by atomic mass is 19.4. The molecule has 0 radical (unpaired) electrons. The molecular formula is C14H15F3N2O3. The van der Waals surface area contributed by atoms with Crippen molar-refractivity contribution in [3.63, 3.8) is 0 Å². The molecule has 2 amide bonds. The molecule has 1 aliphatic heterocycles. The molecule has 1 unspecified atom stereocenters. The lowest BCUT2D eigenvalue weighted by Gasteiger charge is -2.17. The molecule has 0 spiro atoms. The van der Waals surface area contributed by atoms with Gasteiger partial charge >= 0.3 is 18.2 Å². The van der Waals surface area contributed by atoms with Gasteiger partial charge in [0.25, 0.3) is 0 Å². The third-order valence-electron chi connectivity index (χ3n) is 3.55. The summed E-state index contributed by atoms with van der Waals surface area (Å²) < 4.78 is 37.2. The van der Waals surface area contributed by atoms with Crippen LogP contribution in [0, 0.1) is 5.92 Å². The van der Waals surface area contributed by atoms with E-state index in [1.165, 1.54) is 17.0 Å². The number of urea groups is 1. The topological polar surface area (TPSA) is 69.6 Å². The van der Waals surface area contributed by atoms with Crippen LogP contribution in [0.3, 0.4) is 0 Å². The highest BCUT2D eigenvalue weighted by Crippen LogP contribution is 2.29. The van der Waals surface area contributed by atoms with E-state index >= 15 is 0 Å². The van der Waals surface area contributed by atoms with Gasteiger partial charge in [0, 0.05) is 19.6 Å². The molecule has 5 nitrogen and oxygen atoms in total. The van der Waals surface area contributed by atoms with Crippen molar-refractivity contribution >= 4 is 12.0 Å². The number of carbonyl (C=O) groups is 2. The first-order chi connectivity index (χ1) is 10.3. The molecule has 120 valence electrons. The molecule has 1 fully saturated rings. The molecule has 1 aromatic rings. The van der Waals surface area contributed by atoms with Crippen molar-refractivity contribution in [1.82, 2.24) is 10.2 Å². The lowest BCUT2D eigenvalue weighted by molar-refractivity contribution is -0.141. The number of aliphatic carboxylic acids is 1. The SMILES string of the molecule is O=C(O)C1CCN(C(=O)NCc2ccc(C(F)(F)F)cc2)C1. The minimum absolute atomic E-state index is 0.0885. The fraction of sp³-hybridized carbons (Fsp3) is 0.429. The maximum Gasteiger partial charge on any atom is 0.416 e. The molecule has 1 aromatic carbocycles. The summed E-state index contributed by atoms with van der Waals surface area (Å²) >= 11 is 0. The number of benzene rings is 1. The van der Waals surface area contributed by atoms with Gasteiger partial charge in [-0.25, -0.2) is 4.79 Å². The van der Waals surface area contributed by atoms with Gasteiger partial charge in [-0.15, -0.1) is 0 Å². The van der Waals surface area contributed by atoms with E-state index in [9.17, 15) is 22.8 Å². The highest BCUT2D eigenvalue weighted by Gasteiger charge is 2.31. The number of hydrogen-bond donors (Lipinski definition) is 2. The highest BCUT2D eigenvalue weighted by molar-refractivity contribution is 5.77. The zero-order valence-electron chi connectivity index (χ0n) is 11.6. The van der Waals surface area contributed by atoms with Crippen LogP contribution in [-0.2, 0) is 17.5 Å². The Labute approximate surface area is 124 Å². The zero-order chi connectivity index (χ0) is 16.3. The summed E-state index contributed by atoms with van der Waals surface area (Å²) in [6.07, 6.45) is -3.98. The molecule has 22 heavy (non-hydrogen) atoms. The molecule has 2 rings (SSSR count). The van der Waals surface area contributed by atoms with E-state index < -0.39 is 29.7 Å². The zero-order valence-corrected chi connectivity index (χ0v) is 11.6. The van der Waals surface area contributed by atoms with Crippen LogP contribution in [0.15, 0.2) is 24.3 Å². The van der Waals surface area contributed by atoms with E-state index in [4.69, 9.17) is 5.11 Å². The first-order valence-electron chi connectivity index (χ1n) is 6.69. The summed E-state index contributed by atoms with van der Waals surface area (Å²) in [6.45, 7) is 0.592. The second kappa shape index (κ2) is 6.25. The molecule has 1 aliphatic rings. The van der Waals surface area contributed by atoms with Gasteiger partial charge in [-0.3, -0.25) is 4.79 Å². The van der Waals surface area contributed by atoms with E-state index in [1.807, 2.05) is 0 Å². The smallest absolute Gasteiger partial charge is 0.416 e. The third-order valence-corrected chi connectivity index (χ3v) is 3.55. The van der Waals surface area contributed by atoms with Gasteiger partial charge in [-0.1, -0.05) is 12.1 Å². The summed E-state index contributed by atoms with van der Waals surface area (Å²) in [5.41, 5.74) is -0.207. The maximum absolute atomic E-state index is 12.4. The van der Waals surface area contributed by atoms with Gasteiger partial charge in [-0.05, 0) is 24.1 Å². The molecule has 1 saturated heterocycles. The van der Waals surface area contributed by atoms with E-state index in [0.717, 1.165) is 12.1 Å². The van der Waals surface area contributed by atoms with Crippen LogP contribution in [0.1, 0.15) is 17.5 Å². The number of amides is 2. The van der Waals surface area contributed by atoms with Crippen LogP contribution in [0.4, 0.5) is 18.0 Å². The second-order valence-electron chi connectivity index (χ2n) is 5.12. The van der Waals surface area contributed by atoms with Crippen LogP contribution >= 0.6 is 0 Å². The lowest BCUT2D eigenvalue weighted by atomic mass is 10.1. The Balaban J connectivity index is 1.85. The summed E-state index contributed by atoms with van der Waals surface area (Å²) in [5, 5.41) is 11.4. The predicted octanol–water partition coefficient (Wildman–Crippen LogP) is 2.32. The lowest BCUT2D eigenvalue weighted by Crippen LogP contribution is -2.38. The summed E-state index contributed by atoms with van der Waals surface area (Å²) in [6, 6.07) is 4.10. The minimum Gasteiger partial charge on any atom is -0.481 e. The van der Waals surface area contributed by atoms with Crippen molar-refractivity contribution in [2.75, 3.05) is 13.1 Å². The second-order valence-corrected chi connectivity index (χ2v) is 5.12. The van der Waals surface area contributed by atoms with Gasteiger partial charge in [0.2, 0.25) is 0 Å². The van der Waals surface area contributed by atoms with Gasteiger partial charge < -0.3 is 15.3 Å². The fourth-order valence-electron chi connectivity index (χ4n) is 2.25. The van der Waals surface area contributed by atoms with E-state index in [2.05, 4.69) is 5.32 Å². The van der Waals surface area contributed by atoms with Crippen LogP contribution in [-0.4, -0.2) is 35.1 Å². The Bertz CT molecular complexity index is 557. The first kappa shape index (κ1) is 16.1. The molecule has 0 aliphatic carbocycles. The Morgan fingerprint density at radius 3 is 2.41 bits per heavy atom. The van der Waals surface area contributed by atoms with E-state index in [1.54, 1.807) is 0 Å². The Hall–Kier alpha value is -2.25. The van der Waals surface area contributed by atoms with Crippen molar-refractivity contribution in [3.05, 3.63) is 35.4 Å². The van der Waals surface area contributed by atoms with E-state index in [-0.39, 0.29) is 13.1 Å². The number of likely N-dealkylation sites (tertiary alicyclic amines) is 1. The number of nitrogens with zero attached hydrogens (tertiary/aromatic N) is 1. The molecule has 2 N–H and O–H groups in total. The Kier molecular flexibility index (Phi) is 4.58. The Morgan fingerprint density at radius 1 is 1.27 bits per heavy atom. The van der Waals surface area contributed by atoms with Gasteiger partial charge in [0.05, 0.1) is 11.5 Å². The van der Waals surface area contributed by atoms with Crippen LogP contribution in [0.5, 0.6) is 0 Å². The molecule has 0 aromatic heterocycles. The van der Waals surface area contributed by atoms with Crippen molar-refractivity contribution in [1.29, 1.82) is 0 Å². The van der Waals surface area contributed by atoms with Crippen molar-refractivity contribution in [2.24, 2.45) is 5.92 Å². The molecule has 8 heteroatoms. The summed E-state index contributed by atoms with van der Waals surface area (Å²) in [7, 11) is 0. The van der Waals surface area contributed by atoms with Crippen LogP contribution < -0.4 is 5.32 Å². The van der Waals surface area contributed by atoms with Crippen molar-refractivity contribution in [2.45, 2.75) is 19.1 Å². The van der Waals surface area contributed by atoms with Crippen molar-refractivity contribution in [3.8, 4) is 0 Å². The number of carboxylic acids is 1. The summed E-state index contributed by atoms with van der Waals surface area (Å²) in [4.78, 5) is 24.1. The number of nitrogens with one attached hydrogen (secondary N) is 1. The number of hydrogen-bond acceptors (Lipinski definition) is 2. The summed E-state index contributed by atoms with van der Waals surface area (Å²) in [5.74, 6) is -1.49.